The van der Waals surface area contributed by atoms with Crippen LogP contribution in [0.4, 0.5) is 0 Å². The highest BCUT2D eigenvalue weighted by molar-refractivity contribution is 5.87. The van der Waals surface area contributed by atoms with E-state index >= 15 is 0 Å². The fourth-order valence-corrected chi connectivity index (χ4v) is 4.63. The first kappa shape index (κ1) is 44.5. The highest BCUT2D eigenvalue weighted by Crippen LogP contribution is 2.18. The molecule has 0 saturated heterocycles. The van der Waals surface area contributed by atoms with Crippen molar-refractivity contribution < 1.29 is 57.0 Å². The highest BCUT2D eigenvalue weighted by atomic mass is 16.6. The largest absolute Gasteiger partial charge is 0.491 e. The molecule has 0 aliphatic carbocycles. The number of carbonyl (C=O) groups is 2. The first-order valence-electron chi connectivity index (χ1n) is 18.6. The summed E-state index contributed by atoms with van der Waals surface area (Å²) in [5.41, 5.74) is 0.326. The van der Waals surface area contributed by atoms with E-state index in [0.717, 1.165) is 43.3 Å². The molecule has 0 saturated carbocycles. The van der Waals surface area contributed by atoms with Crippen LogP contribution in [0.5, 0.6) is 23.0 Å². The molecule has 3 aromatic rings. The number of hydrogen-bond donors (Lipinski definition) is 0. The van der Waals surface area contributed by atoms with E-state index in [2.05, 4.69) is 13.2 Å². The lowest BCUT2D eigenvalue weighted by molar-refractivity contribution is -0.149. The summed E-state index contributed by atoms with van der Waals surface area (Å²) in [6.07, 6.45) is 3.29. The Balaban J connectivity index is 1.13. The SMILES string of the molecule is C=CC(=O)OC(COCCCCOCCOc1ccc(OCCOCCCCOCC(COc2ccccc2)OC(=O)C(=C)C)cc1)COc1ccccc1. The zero-order chi connectivity index (χ0) is 39.2. The van der Waals surface area contributed by atoms with Crippen molar-refractivity contribution in [2.45, 2.75) is 44.8 Å². The van der Waals surface area contributed by atoms with Gasteiger partial charge in [0.05, 0.1) is 26.4 Å². The Hall–Kier alpha value is -4.88. The van der Waals surface area contributed by atoms with E-state index in [9.17, 15) is 9.59 Å². The number of unbranched alkanes of at least 4 members (excludes halogenated alkanes) is 2. The van der Waals surface area contributed by atoms with Gasteiger partial charge in [-0.1, -0.05) is 49.6 Å². The van der Waals surface area contributed by atoms with Gasteiger partial charge in [-0.3, -0.25) is 0 Å². The maximum atomic E-state index is 12.0. The van der Waals surface area contributed by atoms with Crippen molar-refractivity contribution in [2.75, 3.05) is 79.3 Å². The van der Waals surface area contributed by atoms with Gasteiger partial charge in [0.1, 0.15) is 49.4 Å². The smallest absolute Gasteiger partial charge is 0.333 e. The summed E-state index contributed by atoms with van der Waals surface area (Å²) in [5, 5.41) is 0. The second-order valence-corrected chi connectivity index (χ2v) is 12.3. The summed E-state index contributed by atoms with van der Waals surface area (Å²) in [6.45, 7) is 13.5. The van der Waals surface area contributed by atoms with Gasteiger partial charge < -0.3 is 47.4 Å². The minimum atomic E-state index is -0.543. The molecule has 0 heterocycles. The van der Waals surface area contributed by atoms with Gasteiger partial charge in [0.25, 0.3) is 0 Å². The Kier molecular flexibility index (Phi) is 23.1. The number of para-hydroxylation sites is 2. The molecule has 0 amide bonds. The number of ether oxygens (including phenoxy) is 10. The Morgan fingerprint density at radius 1 is 0.509 bits per heavy atom. The molecule has 2 unspecified atom stereocenters. The van der Waals surface area contributed by atoms with Crippen molar-refractivity contribution in [3.63, 3.8) is 0 Å². The molecule has 0 aliphatic heterocycles. The van der Waals surface area contributed by atoms with Crippen LogP contribution in [0.25, 0.3) is 0 Å². The van der Waals surface area contributed by atoms with Gasteiger partial charge in [0, 0.05) is 38.1 Å². The quantitative estimate of drug-likeness (QED) is 0.0377. The molecule has 0 aliphatic rings. The molecule has 0 bridgehead atoms. The first-order valence-corrected chi connectivity index (χ1v) is 18.6. The van der Waals surface area contributed by atoms with E-state index in [1.807, 2.05) is 84.9 Å². The Morgan fingerprint density at radius 3 is 1.33 bits per heavy atom. The van der Waals surface area contributed by atoms with Gasteiger partial charge in [0.2, 0.25) is 0 Å². The number of rotatable bonds is 32. The van der Waals surface area contributed by atoms with Crippen molar-refractivity contribution in [1.29, 1.82) is 0 Å². The molecule has 0 fully saturated rings. The highest BCUT2D eigenvalue weighted by Gasteiger charge is 2.17. The molecule has 3 rings (SSSR count). The van der Waals surface area contributed by atoms with Crippen LogP contribution < -0.4 is 18.9 Å². The van der Waals surface area contributed by atoms with Crippen molar-refractivity contribution in [1.82, 2.24) is 0 Å². The van der Waals surface area contributed by atoms with Gasteiger partial charge in [-0.15, -0.1) is 0 Å². The first-order chi connectivity index (χ1) is 26.9. The van der Waals surface area contributed by atoms with Crippen molar-refractivity contribution >= 4 is 11.9 Å². The molecule has 3 aromatic carbocycles. The van der Waals surface area contributed by atoms with Crippen molar-refractivity contribution in [3.8, 4) is 23.0 Å². The predicted octanol–water partition coefficient (Wildman–Crippen LogP) is 6.81. The normalized spacial score (nSPS) is 11.9. The van der Waals surface area contributed by atoms with Crippen LogP contribution in [-0.2, 0) is 38.0 Å². The molecule has 0 radical (unpaired) electrons. The number of esters is 2. The third kappa shape index (κ3) is 21.6. The van der Waals surface area contributed by atoms with Crippen LogP contribution in [0.1, 0.15) is 32.6 Å². The van der Waals surface area contributed by atoms with E-state index in [4.69, 9.17) is 47.4 Å². The zero-order valence-corrected chi connectivity index (χ0v) is 31.9. The van der Waals surface area contributed by atoms with Crippen LogP contribution >= 0.6 is 0 Å². The van der Waals surface area contributed by atoms with E-state index in [-0.39, 0.29) is 26.4 Å². The molecule has 0 N–H and O–H groups in total. The number of carbonyl (C=O) groups excluding carboxylic acids is 2. The second-order valence-electron chi connectivity index (χ2n) is 12.3. The lowest BCUT2D eigenvalue weighted by Crippen LogP contribution is -2.30. The van der Waals surface area contributed by atoms with Crippen LogP contribution in [0.2, 0.25) is 0 Å². The predicted molar refractivity (Wildman–Crippen MR) is 208 cm³/mol. The van der Waals surface area contributed by atoms with Gasteiger partial charge in [-0.05, 0) is 81.1 Å². The van der Waals surface area contributed by atoms with Crippen LogP contribution in [0.15, 0.2) is 110 Å². The van der Waals surface area contributed by atoms with Gasteiger partial charge in [-0.2, -0.15) is 0 Å². The summed E-state index contributed by atoms with van der Waals surface area (Å²) in [5.74, 6) is 1.87. The van der Waals surface area contributed by atoms with Crippen LogP contribution in [-0.4, -0.2) is 103 Å². The van der Waals surface area contributed by atoms with E-state index in [1.54, 1.807) is 6.92 Å². The van der Waals surface area contributed by atoms with Gasteiger partial charge in [-0.25, -0.2) is 9.59 Å². The monoisotopic (exact) mass is 764 g/mol. The summed E-state index contributed by atoms with van der Waals surface area (Å²) >= 11 is 0. The summed E-state index contributed by atoms with van der Waals surface area (Å²) < 4.78 is 56.6. The minimum absolute atomic E-state index is 0.186. The lowest BCUT2D eigenvalue weighted by Gasteiger charge is -2.19. The topological polar surface area (TPSA) is 126 Å². The molecule has 300 valence electrons. The standard InChI is InChI=1S/C43H56O12/c1-4-42(44)54-40(33-52-36-15-7-5-8-16-36)31-48-25-13-11-23-46-27-29-50-38-19-21-39(22-20-38)51-30-28-47-24-12-14-26-49-32-41(55-43(45)35(2)3)34-53-37-17-9-6-10-18-37/h4-10,15-22,40-41H,1-2,11-14,23-34H2,3H3. The average Bonchev–Trinajstić information content (AvgIpc) is 3.21. The average molecular weight is 765 g/mol. The summed E-state index contributed by atoms with van der Waals surface area (Å²) in [7, 11) is 0. The maximum absolute atomic E-state index is 12.0. The lowest BCUT2D eigenvalue weighted by atomic mass is 10.3. The second kappa shape index (κ2) is 28.5. The molecule has 12 heteroatoms. The molecule has 0 aromatic heterocycles. The molecule has 12 nitrogen and oxygen atoms in total. The number of benzene rings is 3. The van der Waals surface area contributed by atoms with Crippen molar-refractivity contribution in [3.05, 3.63) is 110 Å². The molecule has 0 spiro atoms. The molecular formula is C43H56O12. The van der Waals surface area contributed by atoms with E-state index in [0.29, 0.717) is 69.9 Å². The maximum Gasteiger partial charge on any atom is 0.333 e. The molecule has 55 heavy (non-hydrogen) atoms. The Labute approximate surface area is 325 Å². The number of hydrogen-bond acceptors (Lipinski definition) is 12. The van der Waals surface area contributed by atoms with Gasteiger partial charge >= 0.3 is 11.9 Å². The molecule has 2 atom stereocenters. The Bertz CT molecular complexity index is 1470. The Morgan fingerprint density at radius 2 is 0.909 bits per heavy atom. The zero-order valence-electron chi connectivity index (χ0n) is 31.9. The molecular weight excluding hydrogens is 708 g/mol. The van der Waals surface area contributed by atoms with E-state index in [1.165, 1.54) is 0 Å². The fourth-order valence-electron chi connectivity index (χ4n) is 4.63. The summed E-state index contributed by atoms with van der Waals surface area (Å²) in [6, 6.07) is 26.1. The minimum Gasteiger partial charge on any atom is -0.491 e. The van der Waals surface area contributed by atoms with Gasteiger partial charge in [0.15, 0.2) is 12.2 Å². The third-order valence-electron chi connectivity index (χ3n) is 7.51. The third-order valence-corrected chi connectivity index (χ3v) is 7.51. The summed E-state index contributed by atoms with van der Waals surface area (Å²) in [4.78, 5) is 23.7. The van der Waals surface area contributed by atoms with Crippen LogP contribution in [0, 0.1) is 0 Å². The van der Waals surface area contributed by atoms with Crippen molar-refractivity contribution in [2.24, 2.45) is 0 Å². The van der Waals surface area contributed by atoms with Crippen LogP contribution in [0.3, 0.4) is 0 Å². The van der Waals surface area contributed by atoms with E-state index < -0.39 is 24.1 Å². The fraction of sp³-hybridized carbons (Fsp3) is 0.442.